The van der Waals surface area contributed by atoms with Gasteiger partial charge >= 0.3 is 0 Å². The van der Waals surface area contributed by atoms with E-state index in [0.717, 1.165) is 45.3 Å². The third-order valence-corrected chi connectivity index (χ3v) is 5.67. The standard InChI is InChI=1S/C22H21BrN2O3/c1-27-16-7-9-18-14(12-16)5-8-19(24-18)22(26)25-11-3-4-20(25)17-13-15(23)6-10-21(17)28-2/h5-10,12-13,20H,3-4,11H2,1-2H3. The van der Waals surface area contributed by atoms with Crippen molar-refractivity contribution in [3.05, 3.63) is 64.3 Å². The van der Waals surface area contributed by atoms with Crippen LogP contribution in [-0.2, 0) is 0 Å². The average molecular weight is 441 g/mol. The van der Waals surface area contributed by atoms with E-state index >= 15 is 0 Å². The van der Waals surface area contributed by atoms with Crippen LogP contribution in [0.1, 0.15) is 34.9 Å². The van der Waals surface area contributed by atoms with E-state index in [1.807, 2.05) is 47.4 Å². The van der Waals surface area contributed by atoms with Gasteiger partial charge in [-0.2, -0.15) is 0 Å². The number of carbonyl (C=O) groups is 1. The van der Waals surface area contributed by atoms with E-state index in [-0.39, 0.29) is 11.9 Å². The van der Waals surface area contributed by atoms with Crippen LogP contribution in [0.5, 0.6) is 11.5 Å². The second kappa shape index (κ2) is 7.80. The molecule has 0 N–H and O–H groups in total. The van der Waals surface area contributed by atoms with E-state index in [9.17, 15) is 4.79 Å². The Bertz CT molecular complexity index is 1040. The number of nitrogens with zero attached hydrogens (tertiary/aromatic N) is 2. The number of likely N-dealkylation sites (tertiary alicyclic amines) is 1. The quantitative estimate of drug-likeness (QED) is 0.573. The van der Waals surface area contributed by atoms with Gasteiger partial charge in [0, 0.05) is 22.0 Å². The Morgan fingerprint density at radius 1 is 1.11 bits per heavy atom. The summed E-state index contributed by atoms with van der Waals surface area (Å²) in [4.78, 5) is 19.8. The van der Waals surface area contributed by atoms with Gasteiger partial charge in [-0.15, -0.1) is 0 Å². The van der Waals surface area contributed by atoms with Crippen LogP contribution in [0.4, 0.5) is 0 Å². The average Bonchev–Trinajstić information content (AvgIpc) is 3.22. The summed E-state index contributed by atoms with van der Waals surface area (Å²) in [6.45, 7) is 0.710. The van der Waals surface area contributed by atoms with Crippen molar-refractivity contribution in [1.29, 1.82) is 0 Å². The zero-order valence-corrected chi connectivity index (χ0v) is 17.4. The van der Waals surface area contributed by atoms with Crippen LogP contribution in [0.3, 0.4) is 0 Å². The van der Waals surface area contributed by atoms with Crippen molar-refractivity contribution in [3.8, 4) is 11.5 Å². The zero-order valence-electron chi connectivity index (χ0n) is 15.8. The lowest BCUT2D eigenvalue weighted by Crippen LogP contribution is -2.31. The molecule has 0 bridgehead atoms. The van der Waals surface area contributed by atoms with Crippen LogP contribution in [0.15, 0.2) is 53.0 Å². The Morgan fingerprint density at radius 2 is 1.96 bits per heavy atom. The largest absolute Gasteiger partial charge is 0.497 e. The first-order chi connectivity index (χ1) is 13.6. The first-order valence-electron chi connectivity index (χ1n) is 9.20. The monoisotopic (exact) mass is 440 g/mol. The molecule has 3 aromatic rings. The lowest BCUT2D eigenvalue weighted by atomic mass is 10.0. The minimum atomic E-state index is -0.0535. The van der Waals surface area contributed by atoms with Crippen molar-refractivity contribution < 1.29 is 14.3 Å². The van der Waals surface area contributed by atoms with Gasteiger partial charge in [-0.25, -0.2) is 4.98 Å². The summed E-state index contributed by atoms with van der Waals surface area (Å²) in [5.74, 6) is 1.52. The second-order valence-corrected chi connectivity index (χ2v) is 7.71. The third-order valence-electron chi connectivity index (χ3n) is 5.18. The smallest absolute Gasteiger partial charge is 0.272 e. The molecule has 2 aromatic carbocycles. The number of rotatable bonds is 4. The van der Waals surface area contributed by atoms with Crippen molar-refractivity contribution in [2.45, 2.75) is 18.9 Å². The minimum absolute atomic E-state index is 0.0201. The van der Waals surface area contributed by atoms with Gasteiger partial charge in [-0.05, 0) is 55.3 Å². The van der Waals surface area contributed by atoms with Crippen molar-refractivity contribution in [3.63, 3.8) is 0 Å². The number of methoxy groups -OCH3 is 2. The molecule has 28 heavy (non-hydrogen) atoms. The highest BCUT2D eigenvalue weighted by Gasteiger charge is 2.33. The fourth-order valence-corrected chi connectivity index (χ4v) is 4.17. The number of hydrogen-bond acceptors (Lipinski definition) is 4. The summed E-state index contributed by atoms with van der Waals surface area (Å²) in [6, 6.07) is 15.3. The molecule has 1 amide bonds. The first kappa shape index (κ1) is 18.7. The number of amides is 1. The lowest BCUT2D eigenvalue weighted by molar-refractivity contribution is 0.0728. The molecule has 0 spiro atoms. The van der Waals surface area contributed by atoms with Gasteiger partial charge in [-0.3, -0.25) is 4.79 Å². The minimum Gasteiger partial charge on any atom is -0.497 e. The molecule has 0 aliphatic carbocycles. The molecule has 1 aliphatic rings. The molecule has 1 unspecified atom stereocenters. The highest BCUT2D eigenvalue weighted by molar-refractivity contribution is 9.10. The summed E-state index contributed by atoms with van der Waals surface area (Å²) >= 11 is 3.53. The molecule has 1 aromatic heterocycles. The molecule has 5 nitrogen and oxygen atoms in total. The topological polar surface area (TPSA) is 51.7 Å². The van der Waals surface area contributed by atoms with Crippen molar-refractivity contribution in [2.24, 2.45) is 0 Å². The predicted molar refractivity (Wildman–Crippen MR) is 112 cm³/mol. The van der Waals surface area contributed by atoms with E-state index in [4.69, 9.17) is 9.47 Å². The Kier molecular flexibility index (Phi) is 5.22. The van der Waals surface area contributed by atoms with E-state index in [2.05, 4.69) is 20.9 Å². The fourth-order valence-electron chi connectivity index (χ4n) is 3.80. The molecule has 1 atom stereocenters. The molecule has 0 saturated carbocycles. The van der Waals surface area contributed by atoms with Gasteiger partial charge in [0.05, 0.1) is 25.8 Å². The molecule has 1 fully saturated rings. The first-order valence-corrected chi connectivity index (χ1v) is 9.99. The Labute approximate surface area is 172 Å². The second-order valence-electron chi connectivity index (χ2n) is 6.80. The molecule has 4 rings (SSSR count). The Balaban J connectivity index is 1.67. The SMILES string of the molecule is COc1ccc2nc(C(=O)N3CCCC3c3cc(Br)ccc3OC)ccc2c1. The number of benzene rings is 2. The van der Waals surface area contributed by atoms with Crippen LogP contribution < -0.4 is 9.47 Å². The summed E-state index contributed by atoms with van der Waals surface area (Å²) < 4.78 is 11.8. The van der Waals surface area contributed by atoms with Crippen molar-refractivity contribution >= 4 is 32.7 Å². The number of aromatic nitrogens is 1. The molecule has 6 heteroatoms. The maximum Gasteiger partial charge on any atom is 0.272 e. The highest BCUT2D eigenvalue weighted by atomic mass is 79.9. The van der Waals surface area contributed by atoms with Gasteiger partial charge in [0.15, 0.2) is 0 Å². The van der Waals surface area contributed by atoms with Crippen LogP contribution in [-0.4, -0.2) is 36.6 Å². The molecular weight excluding hydrogens is 420 g/mol. The highest BCUT2D eigenvalue weighted by Crippen LogP contribution is 2.39. The van der Waals surface area contributed by atoms with E-state index in [1.54, 1.807) is 20.3 Å². The third kappa shape index (κ3) is 3.44. The summed E-state index contributed by atoms with van der Waals surface area (Å²) in [7, 11) is 3.29. The van der Waals surface area contributed by atoms with Crippen molar-refractivity contribution in [2.75, 3.05) is 20.8 Å². The fraction of sp³-hybridized carbons (Fsp3) is 0.273. The van der Waals surface area contributed by atoms with Crippen LogP contribution in [0.25, 0.3) is 10.9 Å². The summed E-state index contributed by atoms with van der Waals surface area (Å²) in [5.41, 5.74) is 2.26. The molecule has 1 saturated heterocycles. The van der Waals surface area contributed by atoms with Gasteiger partial charge in [0.25, 0.3) is 5.91 Å². The summed E-state index contributed by atoms with van der Waals surface area (Å²) in [5, 5.41) is 0.947. The van der Waals surface area contributed by atoms with Gasteiger partial charge in [0.2, 0.25) is 0 Å². The molecule has 2 heterocycles. The number of hydrogen-bond donors (Lipinski definition) is 0. The van der Waals surface area contributed by atoms with E-state index < -0.39 is 0 Å². The number of ether oxygens (including phenoxy) is 2. The van der Waals surface area contributed by atoms with Crippen LogP contribution in [0, 0.1) is 0 Å². The zero-order chi connectivity index (χ0) is 19.7. The number of carbonyl (C=O) groups excluding carboxylic acids is 1. The number of fused-ring (bicyclic) bond motifs is 1. The molecule has 0 radical (unpaired) electrons. The number of halogens is 1. The normalized spacial score (nSPS) is 16.4. The van der Waals surface area contributed by atoms with E-state index in [1.165, 1.54) is 0 Å². The molecule has 1 aliphatic heterocycles. The molecule has 144 valence electrons. The number of pyridine rings is 1. The van der Waals surface area contributed by atoms with Crippen molar-refractivity contribution in [1.82, 2.24) is 9.88 Å². The van der Waals surface area contributed by atoms with Crippen LogP contribution >= 0.6 is 15.9 Å². The summed E-state index contributed by atoms with van der Waals surface area (Å²) in [6.07, 6.45) is 1.86. The Hall–Kier alpha value is -2.60. The maximum atomic E-state index is 13.3. The molecular formula is C22H21BrN2O3. The van der Waals surface area contributed by atoms with Gasteiger partial charge in [0.1, 0.15) is 17.2 Å². The van der Waals surface area contributed by atoms with E-state index in [0.29, 0.717) is 12.2 Å². The predicted octanol–water partition coefficient (Wildman–Crippen LogP) is 4.99. The van der Waals surface area contributed by atoms with Gasteiger partial charge < -0.3 is 14.4 Å². The van der Waals surface area contributed by atoms with Crippen LogP contribution in [0.2, 0.25) is 0 Å². The Morgan fingerprint density at radius 3 is 2.75 bits per heavy atom. The lowest BCUT2D eigenvalue weighted by Gasteiger charge is -2.26. The van der Waals surface area contributed by atoms with Gasteiger partial charge in [-0.1, -0.05) is 22.0 Å². The maximum absolute atomic E-state index is 13.3.